The molecular formula is C24H27FN8O2. The molecule has 1 amide bonds. The van der Waals surface area contributed by atoms with Crippen LogP contribution in [0.3, 0.4) is 0 Å². The second-order valence-electron chi connectivity index (χ2n) is 8.77. The van der Waals surface area contributed by atoms with Crippen molar-refractivity contribution in [2.75, 3.05) is 25.9 Å². The minimum atomic E-state index is -0.874. The van der Waals surface area contributed by atoms with Crippen molar-refractivity contribution in [1.29, 1.82) is 0 Å². The molecule has 0 unspecified atom stereocenters. The molecular weight excluding hydrogens is 451 g/mol. The number of hydrogen-bond acceptors (Lipinski definition) is 7. The van der Waals surface area contributed by atoms with Crippen LogP contribution in [0.1, 0.15) is 30.7 Å². The predicted octanol–water partition coefficient (Wildman–Crippen LogP) is 2.80. The summed E-state index contributed by atoms with van der Waals surface area (Å²) < 4.78 is 21.5. The minimum absolute atomic E-state index is 0.0197. The third kappa shape index (κ3) is 4.66. The van der Waals surface area contributed by atoms with Gasteiger partial charge in [0.2, 0.25) is 6.41 Å². The van der Waals surface area contributed by atoms with E-state index >= 15 is 0 Å². The molecule has 5 rings (SSSR count). The molecule has 4 heterocycles. The Hall–Kier alpha value is -4.02. The van der Waals surface area contributed by atoms with Gasteiger partial charge in [0.1, 0.15) is 11.6 Å². The first-order valence-corrected chi connectivity index (χ1v) is 11.6. The Labute approximate surface area is 201 Å². The summed E-state index contributed by atoms with van der Waals surface area (Å²) >= 11 is 0. The van der Waals surface area contributed by atoms with Crippen LogP contribution in [0.5, 0.6) is 5.75 Å². The number of nitrogens with two attached hydrogens (primary N) is 1. The fourth-order valence-electron chi connectivity index (χ4n) is 4.75. The number of nitrogens with zero attached hydrogens (tertiary/aromatic N) is 6. The van der Waals surface area contributed by atoms with Crippen molar-refractivity contribution in [2.24, 2.45) is 5.92 Å². The van der Waals surface area contributed by atoms with Gasteiger partial charge in [-0.3, -0.25) is 9.89 Å². The summed E-state index contributed by atoms with van der Waals surface area (Å²) in [7, 11) is 1.62. The van der Waals surface area contributed by atoms with Gasteiger partial charge in [0.05, 0.1) is 12.8 Å². The molecule has 1 fully saturated rings. The minimum Gasteiger partial charge on any atom is -0.497 e. The molecule has 3 aromatic heterocycles. The summed E-state index contributed by atoms with van der Waals surface area (Å²) in [5.41, 5.74) is 9.61. The van der Waals surface area contributed by atoms with Crippen LogP contribution in [0.2, 0.25) is 0 Å². The number of anilines is 1. The first kappa shape index (κ1) is 22.8. The number of carbonyl (C=O) groups is 1. The van der Waals surface area contributed by atoms with Crippen molar-refractivity contribution in [3.63, 3.8) is 0 Å². The molecule has 3 N–H and O–H groups in total. The first-order valence-electron chi connectivity index (χ1n) is 11.6. The van der Waals surface area contributed by atoms with Gasteiger partial charge in [-0.25, -0.2) is 4.98 Å². The largest absolute Gasteiger partial charge is 0.497 e. The number of imidazole rings is 1. The number of aromatic amines is 1. The van der Waals surface area contributed by atoms with Gasteiger partial charge in [-0.2, -0.15) is 19.5 Å². The lowest BCUT2D eigenvalue weighted by atomic mass is 9.94. The summed E-state index contributed by atoms with van der Waals surface area (Å²) in [6, 6.07) is 7.74. The molecule has 182 valence electrons. The Morgan fingerprint density at radius 1 is 1.23 bits per heavy atom. The van der Waals surface area contributed by atoms with Crippen LogP contribution in [-0.4, -0.2) is 61.2 Å². The molecule has 0 radical (unpaired) electrons. The lowest BCUT2D eigenvalue weighted by molar-refractivity contribution is -0.119. The zero-order chi connectivity index (χ0) is 24.4. The van der Waals surface area contributed by atoms with Gasteiger partial charge in [-0.1, -0.05) is 0 Å². The molecule has 1 saturated heterocycles. The van der Waals surface area contributed by atoms with Crippen LogP contribution in [-0.2, 0) is 17.8 Å². The van der Waals surface area contributed by atoms with Crippen LogP contribution >= 0.6 is 0 Å². The van der Waals surface area contributed by atoms with E-state index in [0.29, 0.717) is 35.9 Å². The van der Waals surface area contributed by atoms with Gasteiger partial charge < -0.3 is 19.9 Å². The van der Waals surface area contributed by atoms with Crippen LogP contribution in [0, 0.1) is 12.0 Å². The Morgan fingerprint density at radius 3 is 2.77 bits per heavy atom. The molecule has 0 aliphatic carbocycles. The number of nitrogen functional groups attached to an aromatic ring is 1. The van der Waals surface area contributed by atoms with Crippen molar-refractivity contribution < 1.29 is 13.9 Å². The molecule has 0 saturated carbocycles. The maximum absolute atomic E-state index is 14.1. The summed E-state index contributed by atoms with van der Waals surface area (Å²) in [5, 5.41) is 7.09. The standard InChI is InChI=1S/C24H27FN8O2/c1-35-17-2-3-18(19-4-8-27-31-19)16(12-17)13-20-28-21-22(26)29-24(25)30-23(21)33(20)11-7-15-5-9-32(14-34)10-6-15/h2-4,8,12,14-15H,5-7,9-11,13H2,1H3,(H,27,31)(H2,26,29,30). The normalized spacial score (nSPS) is 14.5. The van der Waals surface area contributed by atoms with E-state index in [0.717, 1.165) is 61.3 Å². The summed E-state index contributed by atoms with van der Waals surface area (Å²) in [6.07, 6.45) is 4.92. The second kappa shape index (κ2) is 9.69. The highest BCUT2D eigenvalue weighted by Gasteiger charge is 2.22. The number of likely N-dealkylation sites (tertiary alicyclic amines) is 1. The second-order valence-corrected chi connectivity index (χ2v) is 8.77. The third-order valence-electron chi connectivity index (χ3n) is 6.68. The average molecular weight is 479 g/mol. The average Bonchev–Trinajstić information content (AvgIpc) is 3.52. The number of hydrogen-bond donors (Lipinski definition) is 2. The number of benzene rings is 1. The molecule has 4 aromatic rings. The van der Waals surface area contributed by atoms with Crippen LogP contribution in [0.25, 0.3) is 22.4 Å². The van der Waals surface area contributed by atoms with E-state index < -0.39 is 6.08 Å². The third-order valence-corrected chi connectivity index (χ3v) is 6.68. The van der Waals surface area contributed by atoms with Gasteiger partial charge in [-0.05, 0) is 55.0 Å². The van der Waals surface area contributed by atoms with Gasteiger partial charge in [-0.15, -0.1) is 0 Å². The number of fused-ring (bicyclic) bond motifs is 1. The predicted molar refractivity (Wildman–Crippen MR) is 128 cm³/mol. The number of carbonyl (C=O) groups excluding carboxylic acids is 1. The van der Waals surface area contributed by atoms with Crippen LogP contribution < -0.4 is 10.5 Å². The summed E-state index contributed by atoms with van der Waals surface area (Å²) in [6.45, 7) is 2.12. The number of aryl methyl sites for hydroxylation is 1. The lowest BCUT2D eigenvalue weighted by Crippen LogP contribution is -2.32. The van der Waals surface area contributed by atoms with Crippen molar-refractivity contribution >= 4 is 23.4 Å². The van der Waals surface area contributed by atoms with E-state index in [2.05, 4.69) is 20.2 Å². The lowest BCUT2D eigenvalue weighted by Gasteiger charge is -2.29. The molecule has 35 heavy (non-hydrogen) atoms. The zero-order valence-electron chi connectivity index (χ0n) is 19.4. The smallest absolute Gasteiger partial charge is 0.312 e. The Morgan fingerprint density at radius 2 is 2.06 bits per heavy atom. The van der Waals surface area contributed by atoms with E-state index in [1.807, 2.05) is 28.8 Å². The van der Waals surface area contributed by atoms with Crippen LogP contribution in [0.4, 0.5) is 10.2 Å². The molecule has 0 atom stereocenters. The van der Waals surface area contributed by atoms with Gasteiger partial charge in [0.15, 0.2) is 17.0 Å². The number of nitrogens with one attached hydrogen (secondary N) is 1. The maximum atomic E-state index is 14.1. The molecule has 1 aliphatic rings. The first-order chi connectivity index (χ1) is 17.1. The highest BCUT2D eigenvalue weighted by Crippen LogP contribution is 2.30. The van der Waals surface area contributed by atoms with Gasteiger partial charge >= 0.3 is 6.08 Å². The SMILES string of the molecule is COc1ccc(-c2ccn[nH]2)c(Cc2nc3c(N)nc(F)nc3n2CCC2CCN(C=O)CC2)c1. The molecule has 10 nitrogen and oxygen atoms in total. The fraction of sp³-hybridized carbons (Fsp3) is 0.375. The van der Waals surface area contributed by atoms with Gasteiger partial charge in [0.25, 0.3) is 0 Å². The van der Waals surface area contributed by atoms with E-state index in [9.17, 15) is 9.18 Å². The van der Waals surface area contributed by atoms with Crippen molar-refractivity contribution in [1.82, 2.24) is 34.6 Å². The number of ether oxygens (including phenoxy) is 1. The number of piperidine rings is 1. The number of H-pyrrole nitrogens is 1. The number of rotatable bonds is 8. The molecule has 11 heteroatoms. The van der Waals surface area contributed by atoms with Crippen LogP contribution in [0.15, 0.2) is 30.5 Å². The van der Waals surface area contributed by atoms with E-state index in [-0.39, 0.29) is 5.82 Å². The number of aromatic nitrogens is 6. The Bertz CT molecular complexity index is 1330. The zero-order valence-corrected chi connectivity index (χ0v) is 19.4. The highest BCUT2D eigenvalue weighted by molar-refractivity contribution is 5.82. The fourth-order valence-corrected chi connectivity index (χ4v) is 4.75. The number of methoxy groups -OCH3 is 1. The molecule has 1 aromatic carbocycles. The summed E-state index contributed by atoms with van der Waals surface area (Å²) in [5.74, 6) is 1.91. The van der Waals surface area contributed by atoms with Gasteiger partial charge in [0, 0.05) is 37.8 Å². The summed E-state index contributed by atoms with van der Waals surface area (Å²) in [4.78, 5) is 25.3. The van der Waals surface area contributed by atoms with Crippen molar-refractivity contribution in [2.45, 2.75) is 32.2 Å². The number of halogens is 1. The molecule has 0 bridgehead atoms. The maximum Gasteiger partial charge on any atom is 0.312 e. The molecule has 0 spiro atoms. The number of amides is 1. The highest BCUT2D eigenvalue weighted by atomic mass is 19.1. The Kier molecular flexibility index (Phi) is 6.30. The van der Waals surface area contributed by atoms with E-state index in [4.69, 9.17) is 15.5 Å². The quantitative estimate of drug-likeness (QED) is 0.294. The van der Waals surface area contributed by atoms with Crippen molar-refractivity contribution in [3.8, 4) is 17.0 Å². The topological polar surface area (TPSA) is 128 Å². The Balaban J connectivity index is 1.51. The van der Waals surface area contributed by atoms with Crippen molar-refractivity contribution in [3.05, 3.63) is 47.9 Å². The van der Waals surface area contributed by atoms with E-state index in [1.54, 1.807) is 18.2 Å². The molecule has 1 aliphatic heterocycles. The monoisotopic (exact) mass is 478 g/mol. The van der Waals surface area contributed by atoms with E-state index in [1.165, 1.54) is 0 Å².